The summed E-state index contributed by atoms with van der Waals surface area (Å²) in [5, 5.41) is 15.4. The van der Waals surface area contributed by atoms with Gasteiger partial charge in [0.2, 0.25) is 5.91 Å². The van der Waals surface area contributed by atoms with Crippen molar-refractivity contribution in [2.75, 3.05) is 6.54 Å². The predicted octanol–water partition coefficient (Wildman–Crippen LogP) is 1.66. The Morgan fingerprint density at radius 1 is 1.61 bits per heavy atom. The maximum absolute atomic E-state index is 11.7. The van der Waals surface area contributed by atoms with Gasteiger partial charge >= 0.3 is 0 Å². The molecule has 2 unspecified atom stereocenters. The van der Waals surface area contributed by atoms with Crippen LogP contribution in [-0.4, -0.2) is 28.6 Å². The van der Waals surface area contributed by atoms with Crippen LogP contribution in [0.1, 0.15) is 36.4 Å². The van der Waals surface area contributed by atoms with Crippen LogP contribution >= 0.6 is 11.3 Å². The van der Waals surface area contributed by atoms with E-state index < -0.39 is 0 Å². The van der Waals surface area contributed by atoms with Gasteiger partial charge in [0.15, 0.2) is 0 Å². The lowest BCUT2D eigenvalue weighted by atomic mass is 9.87. The second kappa shape index (κ2) is 6.29. The molecule has 0 saturated heterocycles. The molecule has 1 aromatic heterocycles. The number of nitrogens with zero attached hydrogens (tertiary/aromatic N) is 1. The zero-order valence-corrected chi connectivity index (χ0v) is 11.5. The standard InChI is InChI=1S/C13H20N2O2S/c1-9-15-11(8-18-9)6-13(17)14-7-10-3-2-4-12(16)5-10/h8,10,12,16H,2-7H2,1H3,(H,14,17). The average molecular weight is 268 g/mol. The van der Waals surface area contributed by atoms with Gasteiger partial charge in [-0.1, -0.05) is 6.42 Å². The van der Waals surface area contributed by atoms with Crippen molar-refractivity contribution in [3.63, 3.8) is 0 Å². The second-order valence-corrected chi connectivity index (χ2v) is 6.09. The number of aliphatic hydroxyl groups is 1. The molecule has 2 atom stereocenters. The Balaban J connectivity index is 1.71. The van der Waals surface area contributed by atoms with E-state index in [4.69, 9.17) is 0 Å². The van der Waals surface area contributed by atoms with Crippen molar-refractivity contribution < 1.29 is 9.90 Å². The molecule has 0 bridgehead atoms. The molecule has 1 fully saturated rings. The quantitative estimate of drug-likeness (QED) is 0.873. The molecule has 100 valence electrons. The molecule has 4 nitrogen and oxygen atoms in total. The molecule has 0 aromatic carbocycles. The lowest BCUT2D eigenvalue weighted by Gasteiger charge is -2.25. The summed E-state index contributed by atoms with van der Waals surface area (Å²) in [6.45, 7) is 2.62. The highest BCUT2D eigenvalue weighted by molar-refractivity contribution is 7.09. The van der Waals surface area contributed by atoms with E-state index in [2.05, 4.69) is 10.3 Å². The monoisotopic (exact) mass is 268 g/mol. The maximum atomic E-state index is 11.7. The number of aryl methyl sites for hydroxylation is 1. The fourth-order valence-electron chi connectivity index (χ4n) is 2.42. The fraction of sp³-hybridized carbons (Fsp3) is 0.692. The van der Waals surface area contributed by atoms with Crippen molar-refractivity contribution in [2.45, 2.75) is 45.1 Å². The molecule has 0 aliphatic heterocycles. The third-order valence-electron chi connectivity index (χ3n) is 3.35. The van der Waals surface area contributed by atoms with Gasteiger partial charge < -0.3 is 10.4 Å². The van der Waals surface area contributed by atoms with Crippen LogP contribution in [0.5, 0.6) is 0 Å². The van der Waals surface area contributed by atoms with Crippen LogP contribution in [0.15, 0.2) is 5.38 Å². The summed E-state index contributed by atoms with van der Waals surface area (Å²) in [5.41, 5.74) is 0.846. The number of rotatable bonds is 4. The largest absolute Gasteiger partial charge is 0.393 e. The van der Waals surface area contributed by atoms with Crippen LogP contribution < -0.4 is 5.32 Å². The van der Waals surface area contributed by atoms with Crippen molar-refractivity contribution >= 4 is 17.2 Å². The maximum Gasteiger partial charge on any atom is 0.226 e. The first kappa shape index (κ1) is 13.5. The van der Waals surface area contributed by atoms with Crippen LogP contribution in [-0.2, 0) is 11.2 Å². The summed E-state index contributed by atoms with van der Waals surface area (Å²) in [5.74, 6) is 0.454. The minimum atomic E-state index is -0.179. The molecule has 1 aliphatic carbocycles. The van der Waals surface area contributed by atoms with Gasteiger partial charge in [0.25, 0.3) is 0 Å². The number of amides is 1. The lowest BCUT2D eigenvalue weighted by Crippen LogP contribution is -2.33. The summed E-state index contributed by atoms with van der Waals surface area (Å²) in [7, 11) is 0. The Morgan fingerprint density at radius 3 is 3.11 bits per heavy atom. The molecule has 1 heterocycles. The van der Waals surface area contributed by atoms with E-state index in [9.17, 15) is 9.90 Å². The molecular weight excluding hydrogens is 248 g/mol. The number of aliphatic hydroxyl groups excluding tert-OH is 1. The molecule has 2 rings (SSSR count). The molecule has 18 heavy (non-hydrogen) atoms. The van der Waals surface area contributed by atoms with Gasteiger partial charge in [-0.2, -0.15) is 0 Å². The van der Waals surface area contributed by atoms with E-state index in [1.807, 2.05) is 12.3 Å². The topological polar surface area (TPSA) is 62.2 Å². The summed E-state index contributed by atoms with van der Waals surface area (Å²) in [6, 6.07) is 0. The van der Waals surface area contributed by atoms with E-state index in [0.717, 1.165) is 36.4 Å². The summed E-state index contributed by atoms with van der Waals surface area (Å²) >= 11 is 1.57. The highest BCUT2D eigenvalue weighted by Gasteiger charge is 2.20. The molecule has 5 heteroatoms. The van der Waals surface area contributed by atoms with Crippen molar-refractivity contribution in [3.8, 4) is 0 Å². The highest BCUT2D eigenvalue weighted by atomic mass is 32.1. The molecule has 2 N–H and O–H groups in total. The highest BCUT2D eigenvalue weighted by Crippen LogP contribution is 2.23. The van der Waals surface area contributed by atoms with Crippen LogP contribution in [0.25, 0.3) is 0 Å². The SMILES string of the molecule is Cc1nc(CC(=O)NCC2CCCC(O)C2)cs1. The number of hydrogen-bond donors (Lipinski definition) is 2. The molecule has 0 radical (unpaired) electrons. The van der Waals surface area contributed by atoms with Gasteiger partial charge in [-0.25, -0.2) is 4.98 Å². The van der Waals surface area contributed by atoms with Gasteiger partial charge in [0, 0.05) is 11.9 Å². The number of nitrogens with one attached hydrogen (secondary N) is 1. The molecule has 1 saturated carbocycles. The Kier molecular flexibility index (Phi) is 4.72. The van der Waals surface area contributed by atoms with E-state index in [1.54, 1.807) is 11.3 Å². The molecule has 1 aliphatic rings. The van der Waals surface area contributed by atoms with E-state index in [1.165, 1.54) is 0 Å². The van der Waals surface area contributed by atoms with Crippen LogP contribution in [0.4, 0.5) is 0 Å². The third kappa shape index (κ3) is 4.07. The number of carbonyl (C=O) groups excluding carboxylic acids is 1. The average Bonchev–Trinajstić information content (AvgIpc) is 2.72. The third-order valence-corrected chi connectivity index (χ3v) is 4.17. The van der Waals surface area contributed by atoms with Gasteiger partial charge in [-0.05, 0) is 32.1 Å². The van der Waals surface area contributed by atoms with Gasteiger partial charge in [0.05, 0.1) is 23.2 Å². The van der Waals surface area contributed by atoms with Crippen LogP contribution in [0.2, 0.25) is 0 Å². The fourth-order valence-corrected chi connectivity index (χ4v) is 3.04. The van der Waals surface area contributed by atoms with Crippen molar-refractivity contribution in [2.24, 2.45) is 5.92 Å². The first-order valence-electron chi connectivity index (χ1n) is 6.49. The summed E-state index contributed by atoms with van der Waals surface area (Å²) < 4.78 is 0. The molecular formula is C13H20N2O2S. The van der Waals surface area contributed by atoms with Crippen molar-refractivity contribution in [1.82, 2.24) is 10.3 Å². The normalized spacial score (nSPS) is 23.9. The number of carbonyl (C=O) groups is 1. The second-order valence-electron chi connectivity index (χ2n) is 5.03. The smallest absolute Gasteiger partial charge is 0.226 e. The van der Waals surface area contributed by atoms with Gasteiger partial charge in [-0.3, -0.25) is 4.79 Å². The Bertz CT molecular complexity index is 405. The Hall–Kier alpha value is -0.940. The van der Waals surface area contributed by atoms with Crippen molar-refractivity contribution in [1.29, 1.82) is 0 Å². The number of aromatic nitrogens is 1. The van der Waals surface area contributed by atoms with Crippen molar-refractivity contribution in [3.05, 3.63) is 16.1 Å². The first-order chi connectivity index (χ1) is 8.63. The van der Waals surface area contributed by atoms with Gasteiger partial charge in [0.1, 0.15) is 0 Å². The summed E-state index contributed by atoms with van der Waals surface area (Å²) in [4.78, 5) is 16.0. The molecule has 1 amide bonds. The van der Waals surface area contributed by atoms with Crippen LogP contribution in [0, 0.1) is 12.8 Å². The molecule has 1 aromatic rings. The zero-order valence-electron chi connectivity index (χ0n) is 10.7. The van der Waals surface area contributed by atoms with E-state index >= 15 is 0 Å². The minimum Gasteiger partial charge on any atom is -0.393 e. The van der Waals surface area contributed by atoms with Crippen LogP contribution in [0.3, 0.4) is 0 Å². The zero-order chi connectivity index (χ0) is 13.0. The predicted molar refractivity (Wildman–Crippen MR) is 71.5 cm³/mol. The van der Waals surface area contributed by atoms with E-state index in [-0.39, 0.29) is 12.0 Å². The van der Waals surface area contributed by atoms with E-state index in [0.29, 0.717) is 18.9 Å². The first-order valence-corrected chi connectivity index (χ1v) is 7.37. The minimum absolute atomic E-state index is 0.0281. The Labute approximate surface area is 111 Å². The molecule has 0 spiro atoms. The van der Waals surface area contributed by atoms with Gasteiger partial charge in [-0.15, -0.1) is 11.3 Å². The number of thiazole rings is 1. The lowest BCUT2D eigenvalue weighted by molar-refractivity contribution is -0.120. The summed E-state index contributed by atoms with van der Waals surface area (Å²) in [6.07, 6.45) is 4.07. The number of hydrogen-bond acceptors (Lipinski definition) is 4. The Morgan fingerprint density at radius 2 is 2.44 bits per heavy atom.